The number of halogens is 1. The van der Waals surface area contributed by atoms with Crippen molar-refractivity contribution >= 4 is 23.2 Å². The van der Waals surface area contributed by atoms with Crippen molar-refractivity contribution in [1.29, 1.82) is 0 Å². The second kappa shape index (κ2) is 6.64. The van der Waals surface area contributed by atoms with E-state index in [2.05, 4.69) is 10.3 Å². The number of aromatic nitrogens is 1. The topological polar surface area (TPSA) is 75.4 Å². The summed E-state index contributed by atoms with van der Waals surface area (Å²) in [6.07, 6.45) is 1.21. The molecule has 23 heavy (non-hydrogen) atoms. The van der Waals surface area contributed by atoms with Crippen molar-refractivity contribution in [3.05, 3.63) is 71.2 Å². The highest BCUT2D eigenvalue weighted by Crippen LogP contribution is 2.30. The van der Waals surface area contributed by atoms with Crippen LogP contribution in [0.15, 0.2) is 59.3 Å². The van der Waals surface area contributed by atoms with Crippen LogP contribution in [0.1, 0.15) is 16.1 Å². The largest absolute Gasteiger partial charge is 0.443 e. The lowest BCUT2D eigenvalue weighted by Gasteiger charge is -2.06. The summed E-state index contributed by atoms with van der Waals surface area (Å²) >= 11 is 6.14. The monoisotopic (exact) mass is 328 g/mol. The molecule has 0 radical (unpaired) electrons. The third-order valence-electron chi connectivity index (χ3n) is 3.27. The van der Waals surface area contributed by atoms with Crippen LogP contribution in [0, 0.1) is 0 Å². The zero-order valence-corrected chi connectivity index (χ0v) is 12.7. The van der Waals surface area contributed by atoms with Gasteiger partial charge in [0.2, 0.25) is 0 Å². The molecule has 0 fully saturated rings. The third kappa shape index (κ3) is 3.26. The Labute approximate surface area is 137 Å². The van der Waals surface area contributed by atoms with E-state index in [-0.39, 0.29) is 12.3 Å². The van der Waals surface area contributed by atoms with Crippen LogP contribution < -0.4 is 5.32 Å². The van der Waals surface area contributed by atoms with Gasteiger partial charge in [0.05, 0.1) is 11.6 Å². The van der Waals surface area contributed by atoms with Crippen LogP contribution in [0.3, 0.4) is 0 Å². The lowest BCUT2D eigenvalue weighted by Crippen LogP contribution is -2.13. The molecule has 0 spiro atoms. The molecule has 0 saturated heterocycles. The van der Waals surface area contributed by atoms with Crippen molar-refractivity contribution in [2.75, 3.05) is 5.32 Å². The van der Waals surface area contributed by atoms with E-state index < -0.39 is 5.91 Å². The highest BCUT2D eigenvalue weighted by Gasteiger charge is 2.20. The number of nitrogens with zero attached hydrogens (tertiary/aromatic N) is 1. The Bertz CT molecular complexity index is 845. The molecule has 2 aromatic carbocycles. The first-order valence-corrected chi connectivity index (χ1v) is 7.26. The van der Waals surface area contributed by atoms with Gasteiger partial charge in [0.1, 0.15) is 0 Å². The molecule has 5 nitrogen and oxygen atoms in total. The molecule has 3 rings (SSSR count). The molecule has 0 aliphatic carbocycles. The van der Waals surface area contributed by atoms with Crippen LogP contribution >= 0.6 is 11.6 Å². The second-order valence-electron chi connectivity index (χ2n) is 4.82. The first-order valence-electron chi connectivity index (χ1n) is 6.88. The summed E-state index contributed by atoms with van der Waals surface area (Å²) in [5.74, 6) is -0.102. The van der Waals surface area contributed by atoms with Crippen LogP contribution in [-0.4, -0.2) is 16.0 Å². The molecule has 0 saturated carbocycles. The number of benzene rings is 2. The molecule has 116 valence electrons. The minimum Gasteiger partial charge on any atom is -0.443 e. The number of carbonyl (C=O) groups is 1. The number of carbonyl (C=O) groups excluding carboxylic acids is 1. The Morgan fingerprint density at radius 2 is 2.04 bits per heavy atom. The molecule has 0 aliphatic rings. The molecular weight excluding hydrogens is 316 g/mol. The minimum atomic E-state index is -0.413. The van der Waals surface area contributed by atoms with Crippen LogP contribution in [0.5, 0.6) is 0 Å². The minimum absolute atomic E-state index is 0.0987. The summed E-state index contributed by atoms with van der Waals surface area (Å²) in [5, 5.41) is 12.4. The summed E-state index contributed by atoms with van der Waals surface area (Å²) in [6.45, 7) is -0.0987. The van der Waals surface area contributed by atoms with Gasteiger partial charge in [0, 0.05) is 11.3 Å². The maximum absolute atomic E-state index is 12.4. The molecule has 6 heteroatoms. The van der Waals surface area contributed by atoms with Crippen molar-refractivity contribution in [3.63, 3.8) is 0 Å². The van der Waals surface area contributed by atoms with Crippen molar-refractivity contribution < 1.29 is 14.3 Å². The molecule has 0 aliphatic heterocycles. The molecule has 1 aromatic heterocycles. The maximum Gasteiger partial charge on any atom is 0.278 e. The van der Waals surface area contributed by atoms with Crippen molar-refractivity contribution in [2.24, 2.45) is 0 Å². The van der Waals surface area contributed by atoms with E-state index >= 15 is 0 Å². The molecule has 1 heterocycles. The van der Waals surface area contributed by atoms with Gasteiger partial charge in [-0.05, 0) is 29.8 Å². The number of aliphatic hydroxyl groups excluding tert-OH is 1. The van der Waals surface area contributed by atoms with E-state index in [1.165, 1.54) is 6.39 Å². The fourth-order valence-corrected chi connectivity index (χ4v) is 2.40. The first-order chi connectivity index (χ1) is 11.2. The summed E-state index contributed by atoms with van der Waals surface area (Å²) in [4.78, 5) is 16.4. The SMILES string of the molecule is O=C(Nc1cccc(CO)c1)c1ncoc1-c1ccccc1Cl. The van der Waals surface area contributed by atoms with E-state index in [1.807, 2.05) is 0 Å². The summed E-state index contributed by atoms with van der Waals surface area (Å²) in [5.41, 5.74) is 2.01. The van der Waals surface area contributed by atoms with E-state index in [0.717, 1.165) is 0 Å². The van der Waals surface area contributed by atoms with E-state index in [1.54, 1.807) is 48.5 Å². The van der Waals surface area contributed by atoms with Gasteiger partial charge in [0.25, 0.3) is 5.91 Å². The number of amides is 1. The highest BCUT2D eigenvalue weighted by molar-refractivity contribution is 6.33. The smallest absolute Gasteiger partial charge is 0.278 e. The fraction of sp³-hybridized carbons (Fsp3) is 0.0588. The van der Waals surface area contributed by atoms with Gasteiger partial charge in [-0.25, -0.2) is 4.98 Å². The molecule has 0 atom stereocenters. The average molecular weight is 329 g/mol. The average Bonchev–Trinajstić information content (AvgIpc) is 3.05. The highest BCUT2D eigenvalue weighted by atomic mass is 35.5. The molecule has 2 N–H and O–H groups in total. The van der Waals surface area contributed by atoms with Gasteiger partial charge in [0.15, 0.2) is 17.8 Å². The van der Waals surface area contributed by atoms with Crippen LogP contribution in [0.2, 0.25) is 5.02 Å². The predicted octanol–water partition coefficient (Wildman–Crippen LogP) is 3.74. The Morgan fingerprint density at radius 1 is 1.22 bits per heavy atom. The quantitative estimate of drug-likeness (QED) is 0.765. The van der Waals surface area contributed by atoms with Gasteiger partial charge in [-0.3, -0.25) is 4.79 Å². The Hall–Kier alpha value is -2.63. The number of aliphatic hydroxyl groups is 1. The van der Waals surface area contributed by atoms with Crippen molar-refractivity contribution in [2.45, 2.75) is 6.61 Å². The number of hydrogen-bond acceptors (Lipinski definition) is 4. The van der Waals surface area contributed by atoms with Crippen molar-refractivity contribution in [3.8, 4) is 11.3 Å². The zero-order valence-electron chi connectivity index (χ0n) is 12.0. The molecular formula is C17H13ClN2O3. The van der Waals surface area contributed by atoms with Crippen LogP contribution in [-0.2, 0) is 6.61 Å². The van der Waals surface area contributed by atoms with Gasteiger partial charge < -0.3 is 14.8 Å². The molecule has 1 amide bonds. The van der Waals surface area contributed by atoms with E-state index in [0.29, 0.717) is 27.6 Å². The molecule has 3 aromatic rings. The number of oxazole rings is 1. The van der Waals surface area contributed by atoms with Gasteiger partial charge in [-0.15, -0.1) is 0 Å². The standard InChI is InChI=1S/C17H13ClN2O3/c18-14-7-2-1-6-13(14)16-15(19-10-23-16)17(22)20-12-5-3-4-11(8-12)9-21/h1-8,10,21H,9H2,(H,20,22). The van der Waals surface area contributed by atoms with Gasteiger partial charge >= 0.3 is 0 Å². The lowest BCUT2D eigenvalue weighted by molar-refractivity contribution is 0.102. The number of anilines is 1. The first kappa shape index (κ1) is 15.3. The summed E-state index contributed by atoms with van der Waals surface area (Å²) in [7, 11) is 0. The Kier molecular flexibility index (Phi) is 4.41. The predicted molar refractivity (Wildman–Crippen MR) is 87.3 cm³/mol. The molecule has 0 unspecified atom stereocenters. The fourth-order valence-electron chi connectivity index (χ4n) is 2.18. The van der Waals surface area contributed by atoms with Crippen molar-refractivity contribution in [1.82, 2.24) is 4.98 Å². The third-order valence-corrected chi connectivity index (χ3v) is 3.60. The van der Waals surface area contributed by atoms with E-state index in [9.17, 15) is 4.79 Å². The van der Waals surface area contributed by atoms with E-state index in [4.69, 9.17) is 21.1 Å². The lowest BCUT2D eigenvalue weighted by atomic mass is 10.1. The second-order valence-corrected chi connectivity index (χ2v) is 5.23. The van der Waals surface area contributed by atoms with Crippen LogP contribution in [0.25, 0.3) is 11.3 Å². The zero-order chi connectivity index (χ0) is 16.2. The number of rotatable bonds is 4. The molecule has 0 bridgehead atoms. The normalized spacial score (nSPS) is 10.5. The Morgan fingerprint density at radius 3 is 2.83 bits per heavy atom. The van der Waals surface area contributed by atoms with Crippen LogP contribution in [0.4, 0.5) is 5.69 Å². The Balaban J connectivity index is 1.89. The number of nitrogens with one attached hydrogen (secondary N) is 1. The van der Waals surface area contributed by atoms with Gasteiger partial charge in [-0.2, -0.15) is 0 Å². The summed E-state index contributed by atoms with van der Waals surface area (Å²) < 4.78 is 5.34. The maximum atomic E-state index is 12.4. The number of hydrogen-bond donors (Lipinski definition) is 2. The summed E-state index contributed by atoms with van der Waals surface area (Å²) in [6, 6.07) is 14.0. The van der Waals surface area contributed by atoms with Gasteiger partial charge in [-0.1, -0.05) is 35.9 Å².